The third kappa shape index (κ3) is 3.51. The quantitative estimate of drug-likeness (QED) is 0.518. The fourth-order valence-corrected chi connectivity index (χ4v) is 5.03. The van der Waals surface area contributed by atoms with Crippen molar-refractivity contribution in [2.24, 2.45) is 5.41 Å². The van der Waals surface area contributed by atoms with Crippen LogP contribution < -0.4 is 16.0 Å². The van der Waals surface area contributed by atoms with Gasteiger partial charge >= 0.3 is 0 Å². The zero-order valence-corrected chi connectivity index (χ0v) is 18.3. The SMILES string of the molecule is CC1(C(=O)N2CCC(N/C=C(\C=N)Nc3ccc4c5c(cccc35)C(=O)N4)CC2)CCC1. The number of allylic oxidation sites excluding steroid dienone is 1. The van der Waals surface area contributed by atoms with Gasteiger partial charge in [0.05, 0.1) is 5.70 Å². The fraction of sp³-hybridized carbons (Fsp3) is 0.400. The van der Waals surface area contributed by atoms with Gasteiger partial charge in [-0.3, -0.25) is 9.59 Å². The van der Waals surface area contributed by atoms with E-state index < -0.39 is 0 Å². The topological polar surface area (TPSA) is 97.3 Å². The van der Waals surface area contributed by atoms with Crippen molar-refractivity contribution in [2.75, 3.05) is 23.7 Å². The van der Waals surface area contributed by atoms with Gasteiger partial charge in [0.2, 0.25) is 5.91 Å². The van der Waals surface area contributed by atoms with Crippen LogP contribution in [0.25, 0.3) is 10.8 Å². The second-order valence-electron chi connectivity index (χ2n) is 9.36. The van der Waals surface area contributed by atoms with E-state index in [1.165, 1.54) is 6.21 Å². The summed E-state index contributed by atoms with van der Waals surface area (Å²) in [4.78, 5) is 26.9. The molecule has 32 heavy (non-hydrogen) atoms. The lowest BCUT2D eigenvalue weighted by molar-refractivity contribution is -0.147. The van der Waals surface area contributed by atoms with Crippen molar-refractivity contribution in [3.8, 4) is 0 Å². The zero-order valence-electron chi connectivity index (χ0n) is 18.3. The number of anilines is 2. The maximum Gasteiger partial charge on any atom is 0.256 e. The van der Waals surface area contributed by atoms with Crippen molar-refractivity contribution in [3.63, 3.8) is 0 Å². The van der Waals surface area contributed by atoms with Crippen molar-refractivity contribution in [1.29, 1.82) is 5.41 Å². The highest BCUT2D eigenvalue weighted by Crippen LogP contribution is 2.42. The monoisotopic (exact) mass is 431 g/mol. The van der Waals surface area contributed by atoms with E-state index in [0.717, 1.165) is 67.3 Å². The second kappa shape index (κ2) is 7.97. The van der Waals surface area contributed by atoms with Gasteiger partial charge in [0, 0.05) is 64.7 Å². The molecule has 2 aromatic rings. The number of hydrogen-bond donors (Lipinski definition) is 4. The van der Waals surface area contributed by atoms with Gasteiger partial charge in [-0.1, -0.05) is 25.5 Å². The first-order chi connectivity index (χ1) is 15.5. The molecule has 2 aromatic carbocycles. The molecule has 7 nitrogen and oxygen atoms in total. The summed E-state index contributed by atoms with van der Waals surface area (Å²) in [6.45, 7) is 3.66. The summed E-state index contributed by atoms with van der Waals surface area (Å²) < 4.78 is 0. The van der Waals surface area contributed by atoms with Gasteiger partial charge in [-0.25, -0.2) is 0 Å². The summed E-state index contributed by atoms with van der Waals surface area (Å²) in [5.74, 6) is 0.239. The lowest BCUT2D eigenvalue weighted by Crippen LogP contribution is -2.51. The summed E-state index contributed by atoms with van der Waals surface area (Å²) in [6.07, 6.45) is 8.13. The van der Waals surface area contributed by atoms with Crippen LogP contribution >= 0.6 is 0 Å². The lowest BCUT2D eigenvalue weighted by atomic mass is 9.69. The van der Waals surface area contributed by atoms with Gasteiger partial charge in [-0.05, 0) is 43.9 Å². The Morgan fingerprint density at radius 2 is 2.00 bits per heavy atom. The summed E-state index contributed by atoms with van der Waals surface area (Å²) >= 11 is 0. The smallest absolute Gasteiger partial charge is 0.256 e. The Bertz CT molecular complexity index is 1130. The summed E-state index contributed by atoms with van der Waals surface area (Å²) in [5, 5.41) is 19.3. The maximum absolute atomic E-state index is 12.7. The van der Waals surface area contributed by atoms with E-state index in [2.05, 4.69) is 22.9 Å². The van der Waals surface area contributed by atoms with Gasteiger partial charge in [-0.2, -0.15) is 0 Å². The number of piperidine rings is 1. The summed E-state index contributed by atoms with van der Waals surface area (Å²) in [6, 6.07) is 9.78. The molecule has 2 amide bonds. The molecule has 7 heteroatoms. The molecule has 1 saturated carbocycles. The van der Waals surface area contributed by atoms with E-state index in [1.807, 2.05) is 41.4 Å². The molecule has 166 valence electrons. The lowest BCUT2D eigenvalue weighted by Gasteiger charge is -2.43. The van der Waals surface area contributed by atoms with Gasteiger partial charge in [0.25, 0.3) is 5.91 Å². The van der Waals surface area contributed by atoms with E-state index in [4.69, 9.17) is 5.41 Å². The standard InChI is InChI=1S/C25H29N5O2/c1-25(10-3-11-25)24(32)30-12-8-16(9-13-30)27-15-17(14-26)28-20-6-7-21-22-18(20)4-2-5-19(22)23(31)29-21/h2,4-7,14-16,26-28H,3,8-13H2,1H3,(H,29,31)/b17-15+,26-14?. The van der Waals surface area contributed by atoms with E-state index >= 15 is 0 Å². The number of benzene rings is 2. The summed E-state index contributed by atoms with van der Waals surface area (Å²) in [7, 11) is 0. The first-order valence-corrected chi connectivity index (χ1v) is 11.4. The van der Waals surface area contributed by atoms with Gasteiger partial charge in [-0.15, -0.1) is 0 Å². The number of rotatable bonds is 6. The number of amides is 2. The zero-order chi connectivity index (χ0) is 22.3. The van der Waals surface area contributed by atoms with E-state index in [0.29, 0.717) is 17.2 Å². The van der Waals surface area contributed by atoms with E-state index in [-0.39, 0.29) is 17.4 Å². The minimum absolute atomic E-state index is 0.0802. The van der Waals surface area contributed by atoms with Crippen molar-refractivity contribution < 1.29 is 9.59 Å². The molecule has 0 aromatic heterocycles. The summed E-state index contributed by atoms with van der Waals surface area (Å²) in [5.41, 5.74) is 2.87. The molecule has 5 rings (SSSR count). The maximum atomic E-state index is 12.7. The highest BCUT2D eigenvalue weighted by molar-refractivity contribution is 6.25. The number of nitrogens with zero attached hydrogens (tertiary/aromatic N) is 1. The highest BCUT2D eigenvalue weighted by atomic mass is 16.2. The van der Waals surface area contributed by atoms with Crippen molar-refractivity contribution in [1.82, 2.24) is 10.2 Å². The Morgan fingerprint density at radius 3 is 2.69 bits per heavy atom. The first-order valence-electron chi connectivity index (χ1n) is 11.4. The highest BCUT2D eigenvalue weighted by Gasteiger charge is 2.42. The Hall–Kier alpha value is -3.35. The largest absolute Gasteiger partial charge is 0.386 e. The molecule has 0 atom stereocenters. The minimum atomic E-state index is -0.128. The van der Waals surface area contributed by atoms with Crippen molar-refractivity contribution in [2.45, 2.75) is 45.1 Å². The molecule has 3 aliphatic rings. The number of nitrogens with one attached hydrogen (secondary N) is 4. The Labute approximate surface area is 187 Å². The van der Waals surface area contributed by atoms with Crippen LogP contribution in [0.5, 0.6) is 0 Å². The van der Waals surface area contributed by atoms with Crippen LogP contribution in [0.15, 0.2) is 42.2 Å². The number of carbonyl (C=O) groups is 2. The van der Waals surface area contributed by atoms with Crippen LogP contribution in [0.2, 0.25) is 0 Å². The average molecular weight is 432 g/mol. The van der Waals surface area contributed by atoms with Crippen LogP contribution in [0.4, 0.5) is 11.4 Å². The average Bonchev–Trinajstić information content (AvgIpc) is 3.13. The molecule has 2 aliphatic heterocycles. The van der Waals surface area contributed by atoms with E-state index in [1.54, 1.807) is 0 Å². The van der Waals surface area contributed by atoms with Crippen LogP contribution in [0.1, 0.15) is 49.4 Å². The first kappa shape index (κ1) is 20.5. The Balaban J connectivity index is 1.24. The molecule has 2 fully saturated rings. The van der Waals surface area contributed by atoms with Gasteiger partial charge in [0.15, 0.2) is 0 Å². The molecule has 0 unspecified atom stereocenters. The molecular formula is C25H29N5O2. The third-order valence-electron chi connectivity index (χ3n) is 7.20. The van der Waals surface area contributed by atoms with Crippen LogP contribution in [-0.4, -0.2) is 42.1 Å². The normalized spacial score (nSPS) is 20.0. The van der Waals surface area contributed by atoms with Crippen LogP contribution in [0.3, 0.4) is 0 Å². The third-order valence-corrected chi connectivity index (χ3v) is 7.20. The predicted molar refractivity (Wildman–Crippen MR) is 127 cm³/mol. The van der Waals surface area contributed by atoms with Gasteiger partial charge in [0.1, 0.15) is 0 Å². The van der Waals surface area contributed by atoms with Crippen LogP contribution in [-0.2, 0) is 4.79 Å². The fourth-order valence-electron chi connectivity index (χ4n) is 5.03. The molecular weight excluding hydrogens is 402 g/mol. The molecule has 2 heterocycles. The molecule has 1 aliphatic carbocycles. The molecule has 0 spiro atoms. The Morgan fingerprint density at radius 1 is 1.22 bits per heavy atom. The molecule has 1 saturated heterocycles. The number of carbonyl (C=O) groups excluding carboxylic acids is 2. The molecule has 0 radical (unpaired) electrons. The van der Waals surface area contributed by atoms with E-state index in [9.17, 15) is 9.59 Å². The van der Waals surface area contributed by atoms with Gasteiger partial charge < -0.3 is 26.3 Å². The molecule has 4 N–H and O–H groups in total. The number of likely N-dealkylation sites (tertiary alicyclic amines) is 1. The van der Waals surface area contributed by atoms with Crippen molar-refractivity contribution in [3.05, 3.63) is 47.8 Å². The predicted octanol–water partition coefficient (Wildman–Crippen LogP) is 4.08. The van der Waals surface area contributed by atoms with Crippen LogP contribution in [0, 0.1) is 10.8 Å². The Kier molecular flexibility index (Phi) is 5.12. The van der Waals surface area contributed by atoms with Crippen molar-refractivity contribution >= 4 is 40.2 Å². The second-order valence-corrected chi connectivity index (χ2v) is 9.36. The minimum Gasteiger partial charge on any atom is -0.386 e. The number of hydrogen-bond acceptors (Lipinski definition) is 5. The molecule has 0 bridgehead atoms.